The third-order valence-corrected chi connectivity index (χ3v) is 7.96. The number of hydrogen-bond donors (Lipinski definition) is 1. The van der Waals surface area contributed by atoms with E-state index in [2.05, 4.69) is 4.98 Å². The number of hydrogen-bond acceptors (Lipinski definition) is 6. The first kappa shape index (κ1) is 23.5. The number of methoxy groups -OCH3 is 1. The number of aromatic carboxylic acids is 1. The summed E-state index contributed by atoms with van der Waals surface area (Å²) in [5, 5.41) is 12.0. The van der Waals surface area contributed by atoms with Crippen molar-refractivity contribution in [3.8, 4) is 16.2 Å². The smallest absolute Gasteiger partial charge is 0.337 e. The molecule has 0 radical (unpaired) electrons. The molecule has 0 bridgehead atoms. The molecule has 1 N–H and O–H groups in total. The summed E-state index contributed by atoms with van der Waals surface area (Å²) in [5.41, 5.74) is 1.90. The van der Waals surface area contributed by atoms with Crippen LogP contribution in [0.4, 0.5) is 5.69 Å². The highest BCUT2D eigenvalue weighted by Crippen LogP contribution is 2.37. The SMILES string of the molecule is COc1ccc(S(=O)(=O)N(Cc2cccnc2)c2c(C)cc(-c3cccs3)cc2C(=O)O)cc1. The summed E-state index contributed by atoms with van der Waals surface area (Å²) in [5.74, 6) is -0.696. The van der Waals surface area contributed by atoms with Crippen LogP contribution in [0.1, 0.15) is 21.5 Å². The molecule has 4 rings (SSSR count). The van der Waals surface area contributed by atoms with Gasteiger partial charge < -0.3 is 9.84 Å². The van der Waals surface area contributed by atoms with Gasteiger partial charge >= 0.3 is 5.97 Å². The third kappa shape index (κ3) is 4.66. The van der Waals surface area contributed by atoms with Crippen molar-refractivity contribution in [1.29, 1.82) is 0 Å². The number of benzene rings is 2. The lowest BCUT2D eigenvalue weighted by Crippen LogP contribution is -2.32. The summed E-state index contributed by atoms with van der Waals surface area (Å²) in [7, 11) is -2.64. The van der Waals surface area contributed by atoms with Crippen LogP contribution in [0.2, 0.25) is 0 Å². The van der Waals surface area contributed by atoms with Gasteiger partial charge in [0.1, 0.15) is 5.75 Å². The van der Waals surface area contributed by atoms with E-state index < -0.39 is 16.0 Å². The molecule has 0 amide bonds. The van der Waals surface area contributed by atoms with Crippen molar-refractivity contribution in [3.05, 3.63) is 95.1 Å². The lowest BCUT2D eigenvalue weighted by molar-refractivity contribution is 0.0697. The number of carbonyl (C=O) groups is 1. The molecule has 0 atom stereocenters. The lowest BCUT2D eigenvalue weighted by atomic mass is 10.0. The quantitative estimate of drug-likeness (QED) is 0.361. The number of carboxylic acid groups (broad SMARTS) is 1. The topological polar surface area (TPSA) is 96.8 Å². The number of ether oxygens (including phenoxy) is 1. The molecule has 0 fully saturated rings. The first-order chi connectivity index (χ1) is 16.3. The fraction of sp³-hybridized carbons (Fsp3) is 0.120. The van der Waals surface area contributed by atoms with Crippen LogP contribution in [0.15, 0.2) is 83.3 Å². The van der Waals surface area contributed by atoms with Gasteiger partial charge in [0.2, 0.25) is 0 Å². The number of aromatic nitrogens is 1. The maximum absolute atomic E-state index is 13.9. The molecule has 0 saturated carbocycles. The van der Waals surface area contributed by atoms with E-state index in [0.29, 0.717) is 16.9 Å². The van der Waals surface area contributed by atoms with Gasteiger partial charge in [0.15, 0.2) is 0 Å². The van der Waals surface area contributed by atoms with E-state index in [9.17, 15) is 18.3 Å². The fourth-order valence-corrected chi connectivity index (χ4v) is 5.93. The average Bonchev–Trinajstić information content (AvgIpc) is 3.38. The van der Waals surface area contributed by atoms with Crippen molar-refractivity contribution in [2.24, 2.45) is 0 Å². The van der Waals surface area contributed by atoms with Crippen LogP contribution in [0.25, 0.3) is 10.4 Å². The molecule has 0 aliphatic heterocycles. The molecular weight excluding hydrogens is 472 g/mol. The molecule has 0 saturated heterocycles. The van der Waals surface area contributed by atoms with Crippen molar-refractivity contribution in [1.82, 2.24) is 4.98 Å². The highest BCUT2D eigenvalue weighted by molar-refractivity contribution is 7.92. The van der Waals surface area contributed by atoms with E-state index in [1.54, 1.807) is 43.6 Å². The first-order valence-electron chi connectivity index (χ1n) is 10.3. The monoisotopic (exact) mass is 494 g/mol. The van der Waals surface area contributed by atoms with Crippen molar-refractivity contribution in [2.45, 2.75) is 18.4 Å². The van der Waals surface area contributed by atoms with Crippen LogP contribution in [0, 0.1) is 6.92 Å². The summed E-state index contributed by atoms with van der Waals surface area (Å²) in [6, 6.07) is 16.6. The van der Waals surface area contributed by atoms with Crippen LogP contribution >= 0.6 is 11.3 Å². The normalized spacial score (nSPS) is 11.2. The number of carboxylic acids is 1. The van der Waals surface area contributed by atoms with Gasteiger partial charge in [0.25, 0.3) is 10.0 Å². The molecule has 4 aromatic rings. The Morgan fingerprint density at radius 1 is 1.12 bits per heavy atom. The molecule has 2 aromatic carbocycles. The van der Waals surface area contributed by atoms with Crippen LogP contribution in [-0.2, 0) is 16.6 Å². The summed E-state index contributed by atoms with van der Waals surface area (Å²) < 4.78 is 34.0. The van der Waals surface area contributed by atoms with Gasteiger partial charge in [0, 0.05) is 17.3 Å². The third-order valence-electron chi connectivity index (χ3n) is 5.28. The van der Waals surface area contributed by atoms with Crippen LogP contribution in [0.5, 0.6) is 5.75 Å². The number of pyridine rings is 1. The second-order valence-corrected chi connectivity index (χ2v) is 10.3. The minimum absolute atomic E-state index is 0.0234. The van der Waals surface area contributed by atoms with Gasteiger partial charge in [-0.25, -0.2) is 13.2 Å². The Morgan fingerprint density at radius 3 is 2.47 bits per heavy atom. The second-order valence-electron chi connectivity index (χ2n) is 7.52. The van der Waals surface area contributed by atoms with Crippen molar-refractivity contribution >= 4 is 33.0 Å². The van der Waals surface area contributed by atoms with Gasteiger partial charge in [0.05, 0.1) is 29.8 Å². The Bertz CT molecular complexity index is 1400. The van der Waals surface area contributed by atoms with E-state index in [0.717, 1.165) is 14.7 Å². The van der Waals surface area contributed by atoms with Gasteiger partial charge in [-0.15, -0.1) is 11.3 Å². The number of nitrogens with zero attached hydrogens (tertiary/aromatic N) is 2. The number of thiophene rings is 1. The van der Waals surface area contributed by atoms with E-state index in [-0.39, 0.29) is 22.7 Å². The molecule has 0 spiro atoms. The second kappa shape index (κ2) is 9.66. The maximum atomic E-state index is 13.9. The van der Waals surface area contributed by atoms with E-state index in [1.807, 2.05) is 23.6 Å². The highest BCUT2D eigenvalue weighted by atomic mass is 32.2. The molecule has 9 heteroatoms. The molecule has 0 aliphatic rings. The highest BCUT2D eigenvalue weighted by Gasteiger charge is 2.31. The van der Waals surface area contributed by atoms with E-state index in [1.165, 1.54) is 36.6 Å². The lowest BCUT2D eigenvalue weighted by Gasteiger charge is -2.28. The van der Waals surface area contributed by atoms with E-state index >= 15 is 0 Å². The Morgan fingerprint density at radius 2 is 1.88 bits per heavy atom. The summed E-state index contributed by atoms with van der Waals surface area (Å²) >= 11 is 1.48. The number of aryl methyl sites for hydroxylation is 1. The molecule has 0 aliphatic carbocycles. The number of anilines is 1. The van der Waals surface area contributed by atoms with Gasteiger partial charge in [-0.1, -0.05) is 12.1 Å². The van der Waals surface area contributed by atoms with E-state index in [4.69, 9.17) is 4.74 Å². The predicted octanol–water partition coefficient (Wildman–Crippen LogP) is 5.22. The summed E-state index contributed by atoms with van der Waals surface area (Å²) in [6.07, 6.45) is 3.15. The standard InChI is InChI=1S/C25H22N2O5S2/c1-17-13-19(23-6-4-12-33-23)14-22(25(28)29)24(17)27(16-18-5-3-11-26-15-18)34(30,31)21-9-7-20(32-2)8-10-21/h3-15H,16H2,1-2H3,(H,28,29). The molecule has 2 aromatic heterocycles. The largest absolute Gasteiger partial charge is 0.497 e. The molecule has 174 valence electrons. The van der Waals surface area contributed by atoms with Crippen LogP contribution in [0.3, 0.4) is 0 Å². The first-order valence-corrected chi connectivity index (χ1v) is 12.6. The van der Waals surface area contributed by atoms with Gasteiger partial charge in [-0.2, -0.15) is 0 Å². The minimum atomic E-state index is -4.13. The van der Waals surface area contributed by atoms with Gasteiger partial charge in [-0.05, 0) is 77.5 Å². The van der Waals surface area contributed by atoms with Crippen LogP contribution < -0.4 is 9.04 Å². The molecule has 34 heavy (non-hydrogen) atoms. The zero-order valence-corrected chi connectivity index (χ0v) is 20.1. The summed E-state index contributed by atoms with van der Waals surface area (Å²) in [4.78, 5) is 17.4. The molecule has 0 unspecified atom stereocenters. The van der Waals surface area contributed by atoms with Crippen molar-refractivity contribution in [2.75, 3.05) is 11.4 Å². The van der Waals surface area contributed by atoms with Crippen molar-refractivity contribution < 1.29 is 23.1 Å². The van der Waals surface area contributed by atoms with Gasteiger partial charge in [-0.3, -0.25) is 9.29 Å². The Hall–Kier alpha value is -3.69. The number of rotatable bonds is 8. The maximum Gasteiger partial charge on any atom is 0.337 e. The zero-order chi connectivity index (χ0) is 24.3. The predicted molar refractivity (Wildman–Crippen MR) is 132 cm³/mol. The fourth-order valence-electron chi connectivity index (χ4n) is 3.68. The van der Waals surface area contributed by atoms with Crippen molar-refractivity contribution in [3.63, 3.8) is 0 Å². The van der Waals surface area contributed by atoms with Crippen LogP contribution in [-0.4, -0.2) is 31.6 Å². The molecular formula is C25H22N2O5S2. The Kier molecular flexibility index (Phi) is 6.67. The summed E-state index contributed by atoms with van der Waals surface area (Å²) in [6.45, 7) is 1.64. The number of sulfonamides is 1. The zero-order valence-electron chi connectivity index (χ0n) is 18.5. The Balaban J connectivity index is 1.92. The Labute approximate surface area is 202 Å². The molecule has 7 nitrogen and oxygen atoms in total. The average molecular weight is 495 g/mol. The minimum Gasteiger partial charge on any atom is -0.497 e. The molecule has 2 heterocycles.